The summed E-state index contributed by atoms with van der Waals surface area (Å²) in [4.78, 5) is 0. The molecule has 19 heavy (non-hydrogen) atoms. The van der Waals surface area contributed by atoms with Crippen LogP contribution < -0.4 is 10.5 Å². The van der Waals surface area contributed by atoms with Gasteiger partial charge in [0.25, 0.3) is 0 Å². The predicted octanol–water partition coefficient (Wildman–Crippen LogP) is 3.01. The molecule has 102 valence electrons. The van der Waals surface area contributed by atoms with E-state index in [2.05, 4.69) is 12.1 Å². The highest BCUT2D eigenvalue weighted by Crippen LogP contribution is 2.33. The smallest absolute Gasteiger partial charge is 0.131 e. The van der Waals surface area contributed by atoms with Crippen molar-refractivity contribution in [1.82, 2.24) is 0 Å². The molecule has 1 unspecified atom stereocenters. The summed E-state index contributed by atoms with van der Waals surface area (Å²) in [6.45, 7) is 4.20. The minimum Gasteiger partial charge on any atom is -0.492 e. The Hall–Kier alpha value is -1.58. The number of aliphatic hydroxyl groups is 1. The zero-order valence-corrected chi connectivity index (χ0v) is 11.5. The first-order valence-electron chi connectivity index (χ1n) is 6.67. The van der Waals surface area contributed by atoms with Gasteiger partial charge in [-0.3, -0.25) is 0 Å². The van der Waals surface area contributed by atoms with E-state index in [4.69, 9.17) is 10.5 Å². The molecule has 0 aliphatic heterocycles. The van der Waals surface area contributed by atoms with E-state index in [0.29, 0.717) is 13.0 Å². The van der Waals surface area contributed by atoms with Gasteiger partial charge >= 0.3 is 0 Å². The summed E-state index contributed by atoms with van der Waals surface area (Å²) in [5, 5.41) is 11.5. The maximum absolute atomic E-state index is 9.32. The first-order chi connectivity index (χ1) is 9.09. The average molecular weight is 259 g/mol. The molecule has 0 aliphatic carbocycles. The molecule has 0 saturated carbocycles. The minimum atomic E-state index is -0.353. The van der Waals surface area contributed by atoms with Crippen LogP contribution in [0, 0.1) is 0 Å². The van der Waals surface area contributed by atoms with Crippen LogP contribution in [0.3, 0.4) is 0 Å². The molecule has 0 aromatic heterocycles. The van der Waals surface area contributed by atoms with Crippen LogP contribution in [-0.4, -0.2) is 17.8 Å². The van der Waals surface area contributed by atoms with Crippen molar-refractivity contribution in [1.29, 1.82) is 0 Å². The Morgan fingerprint density at radius 2 is 1.89 bits per heavy atom. The lowest BCUT2D eigenvalue weighted by Crippen LogP contribution is -2.11. The number of benzene rings is 2. The molecule has 0 fully saturated rings. The number of rotatable bonds is 5. The molecular formula is C16H21NO2. The summed E-state index contributed by atoms with van der Waals surface area (Å²) in [6.07, 6.45) is 0.260. The van der Waals surface area contributed by atoms with Crippen LogP contribution in [0.1, 0.15) is 31.9 Å². The molecule has 2 aromatic rings. The highest BCUT2D eigenvalue weighted by molar-refractivity contribution is 5.89. The van der Waals surface area contributed by atoms with E-state index in [1.165, 1.54) is 0 Å². The highest BCUT2D eigenvalue weighted by Gasteiger charge is 2.12. The first-order valence-corrected chi connectivity index (χ1v) is 6.67. The molecule has 0 heterocycles. The lowest BCUT2D eigenvalue weighted by Gasteiger charge is -2.17. The van der Waals surface area contributed by atoms with Crippen molar-refractivity contribution in [2.75, 3.05) is 6.61 Å². The Morgan fingerprint density at radius 3 is 2.58 bits per heavy atom. The van der Waals surface area contributed by atoms with Gasteiger partial charge in [-0.05, 0) is 19.2 Å². The Kier molecular flexibility index (Phi) is 4.40. The number of aliphatic hydroxyl groups excluding tert-OH is 1. The number of hydrogen-bond donors (Lipinski definition) is 2. The zero-order valence-electron chi connectivity index (χ0n) is 11.5. The van der Waals surface area contributed by atoms with Crippen LogP contribution in [0.25, 0.3) is 10.8 Å². The molecule has 3 nitrogen and oxygen atoms in total. The lowest BCUT2D eigenvalue weighted by atomic mass is 10.0. The van der Waals surface area contributed by atoms with Crippen LogP contribution in [0.5, 0.6) is 5.75 Å². The fraction of sp³-hybridized carbons (Fsp3) is 0.375. The van der Waals surface area contributed by atoms with E-state index in [1.807, 2.05) is 31.2 Å². The fourth-order valence-electron chi connectivity index (χ4n) is 2.11. The van der Waals surface area contributed by atoms with Crippen LogP contribution in [0.2, 0.25) is 0 Å². The van der Waals surface area contributed by atoms with E-state index < -0.39 is 0 Å². The van der Waals surface area contributed by atoms with Crippen LogP contribution in [-0.2, 0) is 0 Å². The average Bonchev–Trinajstić information content (AvgIpc) is 2.38. The van der Waals surface area contributed by atoms with Gasteiger partial charge in [0.1, 0.15) is 5.75 Å². The van der Waals surface area contributed by atoms with Crippen molar-refractivity contribution in [3.8, 4) is 5.75 Å². The van der Waals surface area contributed by atoms with E-state index in [1.54, 1.807) is 6.92 Å². The number of nitrogens with two attached hydrogens (primary N) is 1. The third-order valence-corrected chi connectivity index (χ3v) is 3.18. The quantitative estimate of drug-likeness (QED) is 0.867. The maximum Gasteiger partial charge on any atom is 0.131 e. The Balaban J connectivity index is 2.38. The molecule has 3 heteroatoms. The molecule has 0 aliphatic rings. The second-order valence-corrected chi connectivity index (χ2v) is 4.98. The van der Waals surface area contributed by atoms with Crippen molar-refractivity contribution in [3.63, 3.8) is 0 Å². The van der Waals surface area contributed by atoms with Gasteiger partial charge in [-0.25, -0.2) is 0 Å². The molecule has 0 saturated heterocycles. The normalized spacial score (nSPS) is 14.3. The Labute approximate surface area is 114 Å². The molecule has 2 aromatic carbocycles. The maximum atomic E-state index is 9.32. The summed E-state index contributed by atoms with van der Waals surface area (Å²) >= 11 is 0. The van der Waals surface area contributed by atoms with Gasteiger partial charge in [0, 0.05) is 23.4 Å². The van der Waals surface area contributed by atoms with Crippen LogP contribution >= 0.6 is 0 Å². The molecule has 2 rings (SSSR count). The van der Waals surface area contributed by atoms with Gasteiger partial charge in [0.2, 0.25) is 0 Å². The Morgan fingerprint density at radius 1 is 1.16 bits per heavy atom. The van der Waals surface area contributed by atoms with Gasteiger partial charge < -0.3 is 15.6 Å². The topological polar surface area (TPSA) is 55.5 Å². The van der Waals surface area contributed by atoms with Gasteiger partial charge in [-0.2, -0.15) is 0 Å². The van der Waals surface area contributed by atoms with E-state index in [9.17, 15) is 5.11 Å². The van der Waals surface area contributed by atoms with E-state index >= 15 is 0 Å². The SMILES string of the molecule is CC(O)CCOc1c([C@H](C)N)ccc2ccccc12. The van der Waals surface area contributed by atoms with Crippen molar-refractivity contribution < 1.29 is 9.84 Å². The van der Waals surface area contributed by atoms with Crippen molar-refractivity contribution in [2.45, 2.75) is 32.4 Å². The van der Waals surface area contributed by atoms with Gasteiger partial charge in [-0.1, -0.05) is 36.4 Å². The van der Waals surface area contributed by atoms with Gasteiger partial charge in [0.05, 0.1) is 12.7 Å². The summed E-state index contributed by atoms with van der Waals surface area (Å²) in [5.41, 5.74) is 7.01. The van der Waals surface area contributed by atoms with Gasteiger partial charge in [0.15, 0.2) is 0 Å². The van der Waals surface area contributed by atoms with E-state index in [0.717, 1.165) is 22.1 Å². The summed E-state index contributed by atoms with van der Waals surface area (Å²) in [7, 11) is 0. The van der Waals surface area contributed by atoms with Crippen molar-refractivity contribution >= 4 is 10.8 Å². The Bertz CT molecular complexity index is 549. The summed E-state index contributed by atoms with van der Waals surface area (Å²) < 4.78 is 5.88. The van der Waals surface area contributed by atoms with E-state index in [-0.39, 0.29) is 12.1 Å². The largest absolute Gasteiger partial charge is 0.492 e. The molecule has 0 bridgehead atoms. The molecule has 0 amide bonds. The standard InChI is InChI=1S/C16H21NO2/c1-11(18)9-10-19-16-14(12(2)17)8-7-13-5-3-4-6-15(13)16/h3-8,11-12,18H,9-10,17H2,1-2H3/t11?,12-/m0/s1. The number of fused-ring (bicyclic) bond motifs is 1. The summed E-state index contributed by atoms with van der Waals surface area (Å²) in [5.74, 6) is 0.841. The zero-order chi connectivity index (χ0) is 13.8. The summed E-state index contributed by atoms with van der Waals surface area (Å²) in [6, 6.07) is 12.1. The number of ether oxygens (including phenoxy) is 1. The number of hydrogen-bond acceptors (Lipinski definition) is 3. The molecular weight excluding hydrogens is 238 g/mol. The monoisotopic (exact) mass is 259 g/mol. The lowest BCUT2D eigenvalue weighted by molar-refractivity contribution is 0.155. The van der Waals surface area contributed by atoms with Crippen LogP contribution in [0.15, 0.2) is 36.4 Å². The second kappa shape index (κ2) is 6.04. The van der Waals surface area contributed by atoms with Crippen LogP contribution in [0.4, 0.5) is 0 Å². The van der Waals surface area contributed by atoms with Crippen molar-refractivity contribution in [2.24, 2.45) is 5.73 Å². The first kappa shape index (κ1) is 13.8. The second-order valence-electron chi connectivity index (χ2n) is 4.98. The minimum absolute atomic E-state index is 0.0776. The molecule has 3 N–H and O–H groups in total. The fourth-order valence-corrected chi connectivity index (χ4v) is 2.11. The molecule has 0 radical (unpaired) electrons. The van der Waals surface area contributed by atoms with Crippen molar-refractivity contribution in [3.05, 3.63) is 42.0 Å². The third-order valence-electron chi connectivity index (χ3n) is 3.18. The highest BCUT2D eigenvalue weighted by atomic mass is 16.5. The molecule has 0 spiro atoms. The molecule has 2 atom stereocenters. The third kappa shape index (κ3) is 3.25. The van der Waals surface area contributed by atoms with Gasteiger partial charge in [-0.15, -0.1) is 0 Å². The predicted molar refractivity (Wildman–Crippen MR) is 78.3 cm³/mol.